The van der Waals surface area contributed by atoms with Gasteiger partial charge in [0.25, 0.3) is 0 Å². The van der Waals surface area contributed by atoms with Gasteiger partial charge in [0.2, 0.25) is 5.95 Å². The number of anilines is 1. The molecule has 1 fully saturated rings. The standard InChI is InChI=1S/C16H22N6/c1-11-9-12(2)18-16(17-11)21-7-3-5-13(10-21)15-20-19-14-6-4-8-22(14)15/h9,13H,3-8,10H2,1-2H3. The predicted molar refractivity (Wildman–Crippen MR) is 84.0 cm³/mol. The fourth-order valence-electron chi connectivity index (χ4n) is 3.69. The van der Waals surface area contributed by atoms with Crippen LogP contribution >= 0.6 is 0 Å². The summed E-state index contributed by atoms with van der Waals surface area (Å²) in [5, 5.41) is 8.83. The summed E-state index contributed by atoms with van der Waals surface area (Å²) in [6.45, 7) is 7.12. The number of piperidine rings is 1. The third kappa shape index (κ3) is 2.36. The van der Waals surface area contributed by atoms with Crippen molar-refractivity contribution in [3.05, 3.63) is 29.1 Å². The van der Waals surface area contributed by atoms with Gasteiger partial charge >= 0.3 is 0 Å². The van der Waals surface area contributed by atoms with E-state index in [9.17, 15) is 0 Å². The normalized spacial score (nSPS) is 21.2. The molecule has 0 spiro atoms. The van der Waals surface area contributed by atoms with Crippen molar-refractivity contribution in [2.75, 3.05) is 18.0 Å². The summed E-state index contributed by atoms with van der Waals surface area (Å²) < 4.78 is 2.33. The van der Waals surface area contributed by atoms with E-state index in [1.165, 1.54) is 18.7 Å². The molecular formula is C16H22N6. The molecule has 2 aromatic heterocycles. The van der Waals surface area contributed by atoms with E-state index in [1.54, 1.807) is 0 Å². The maximum atomic E-state index is 4.62. The molecule has 1 atom stereocenters. The molecule has 116 valence electrons. The Labute approximate surface area is 130 Å². The van der Waals surface area contributed by atoms with Crippen LogP contribution in [0.25, 0.3) is 0 Å². The third-order valence-electron chi connectivity index (χ3n) is 4.68. The van der Waals surface area contributed by atoms with E-state index < -0.39 is 0 Å². The van der Waals surface area contributed by atoms with E-state index >= 15 is 0 Å². The molecule has 0 saturated carbocycles. The lowest BCUT2D eigenvalue weighted by atomic mass is 9.97. The van der Waals surface area contributed by atoms with E-state index in [-0.39, 0.29) is 0 Å². The van der Waals surface area contributed by atoms with Crippen molar-refractivity contribution in [2.24, 2.45) is 0 Å². The van der Waals surface area contributed by atoms with Gasteiger partial charge in [0.15, 0.2) is 0 Å². The minimum Gasteiger partial charge on any atom is -0.340 e. The summed E-state index contributed by atoms with van der Waals surface area (Å²) >= 11 is 0. The number of hydrogen-bond acceptors (Lipinski definition) is 5. The molecule has 22 heavy (non-hydrogen) atoms. The van der Waals surface area contributed by atoms with Gasteiger partial charge < -0.3 is 9.47 Å². The lowest BCUT2D eigenvalue weighted by Gasteiger charge is -2.32. The maximum Gasteiger partial charge on any atom is 0.225 e. The Morgan fingerprint density at radius 1 is 1.05 bits per heavy atom. The predicted octanol–water partition coefficient (Wildman–Crippen LogP) is 2.02. The smallest absolute Gasteiger partial charge is 0.225 e. The number of nitrogens with zero attached hydrogens (tertiary/aromatic N) is 6. The minimum atomic E-state index is 0.442. The van der Waals surface area contributed by atoms with Gasteiger partial charge in [-0.2, -0.15) is 0 Å². The van der Waals surface area contributed by atoms with Crippen LogP contribution in [-0.2, 0) is 13.0 Å². The summed E-state index contributed by atoms with van der Waals surface area (Å²) in [5.74, 6) is 3.64. The van der Waals surface area contributed by atoms with Gasteiger partial charge in [-0.05, 0) is 39.2 Å². The summed E-state index contributed by atoms with van der Waals surface area (Å²) in [6.07, 6.45) is 4.61. The average molecular weight is 298 g/mol. The second kappa shape index (κ2) is 5.34. The Balaban J connectivity index is 1.59. The molecule has 2 aliphatic heterocycles. The Morgan fingerprint density at radius 2 is 1.86 bits per heavy atom. The van der Waals surface area contributed by atoms with Crippen LogP contribution in [0.15, 0.2) is 6.07 Å². The van der Waals surface area contributed by atoms with Gasteiger partial charge in [0.1, 0.15) is 11.6 Å². The highest BCUT2D eigenvalue weighted by Gasteiger charge is 2.29. The number of rotatable bonds is 2. The second-order valence-corrected chi connectivity index (χ2v) is 6.47. The van der Waals surface area contributed by atoms with E-state index in [1.807, 2.05) is 19.9 Å². The zero-order valence-electron chi connectivity index (χ0n) is 13.3. The average Bonchev–Trinajstić information content (AvgIpc) is 3.09. The largest absolute Gasteiger partial charge is 0.340 e. The topological polar surface area (TPSA) is 59.7 Å². The first-order valence-corrected chi connectivity index (χ1v) is 8.20. The molecule has 2 aliphatic rings. The van der Waals surface area contributed by atoms with Gasteiger partial charge in [0.05, 0.1) is 0 Å². The van der Waals surface area contributed by atoms with Crippen LogP contribution in [0.5, 0.6) is 0 Å². The third-order valence-corrected chi connectivity index (χ3v) is 4.68. The molecule has 0 bridgehead atoms. The maximum absolute atomic E-state index is 4.62. The summed E-state index contributed by atoms with van der Waals surface area (Å²) in [4.78, 5) is 11.5. The summed E-state index contributed by atoms with van der Waals surface area (Å²) in [7, 11) is 0. The molecular weight excluding hydrogens is 276 g/mol. The molecule has 0 aromatic carbocycles. The van der Waals surface area contributed by atoms with Crippen molar-refractivity contribution in [1.29, 1.82) is 0 Å². The van der Waals surface area contributed by atoms with Crippen molar-refractivity contribution in [1.82, 2.24) is 24.7 Å². The van der Waals surface area contributed by atoms with Crippen LogP contribution in [0.2, 0.25) is 0 Å². The Hall–Kier alpha value is -1.98. The SMILES string of the molecule is Cc1cc(C)nc(N2CCCC(c3nnc4n3CCC4)C2)n1. The minimum absolute atomic E-state index is 0.442. The molecule has 0 N–H and O–H groups in total. The van der Waals surface area contributed by atoms with Crippen molar-refractivity contribution >= 4 is 5.95 Å². The van der Waals surface area contributed by atoms with Crippen LogP contribution in [0.4, 0.5) is 5.95 Å². The molecule has 0 radical (unpaired) electrons. The number of aromatic nitrogens is 5. The molecule has 4 rings (SSSR count). The monoisotopic (exact) mass is 298 g/mol. The molecule has 1 unspecified atom stereocenters. The number of hydrogen-bond donors (Lipinski definition) is 0. The zero-order valence-corrected chi connectivity index (χ0v) is 13.3. The van der Waals surface area contributed by atoms with E-state index in [0.717, 1.165) is 55.6 Å². The van der Waals surface area contributed by atoms with Crippen LogP contribution in [0.3, 0.4) is 0 Å². The quantitative estimate of drug-likeness (QED) is 0.849. The highest BCUT2D eigenvalue weighted by atomic mass is 15.3. The summed E-state index contributed by atoms with van der Waals surface area (Å²) in [6, 6.07) is 2.02. The van der Waals surface area contributed by atoms with Crippen molar-refractivity contribution in [3.8, 4) is 0 Å². The van der Waals surface area contributed by atoms with Crippen LogP contribution < -0.4 is 4.90 Å². The molecule has 1 saturated heterocycles. The number of fused-ring (bicyclic) bond motifs is 1. The number of aryl methyl sites for hydroxylation is 3. The Bertz CT molecular complexity index is 672. The Kier molecular flexibility index (Phi) is 3.32. The van der Waals surface area contributed by atoms with Gasteiger partial charge in [-0.1, -0.05) is 0 Å². The van der Waals surface area contributed by atoms with Crippen LogP contribution in [-0.4, -0.2) is 37.8 Å². The highest BCUT2D eigenvalue weighted by molar-refractivity contribution is 5.34. The zero-order chi connectivity index (χ0) is 15.1. The van der Waals surface area contributed by atoms with Crippen LogP contribution in [0.1, 0.15) is 48.2 Å². The molecule has 6 nitrogen and oxygen atoms in total. The van der Waals surface area contributed by atoms with Crippen molar-refractivity contribution in [2.45, 2.75) is 52.0 Å². The van der Waals surface area contributed by atoms with E-state index in [4.69, 9.17) is 0 Å². The van der Waals surface area contributed by atoms with Gasteiger partial charge in [-0.15, -0.1) is 10.2 Å². The van der Waals surface area contributed by atoms with E-state index in [2.05, 4.69) is 29.6 Å². The van der Waals surface area contributed by atoms with Crippen LogP contribution in [0, 0.1) is 13.8 Å². The Morgan fingerprint density at radius 3 is 2.68 bits per heavy atom. The van der Waals surface area contributed by atoms with Gasteiger partial charge in [-0.3, -0.25) is 0 Å². The van der Waals surface area contributed by atoms with E-state index in [0.29, 0.717) is 5.92 Å². The van der Waals surface area contributed by atoms with Gasteiger partial charge in [0, 0.05) is 43.4 Å². The van der Waals surface area contributed by atoms with Crippen molar-refractivity contribution in [3.63, 3.8) is 0 Å². The second-order valence-electron chi connectivity index (χ2n) is 6.47. The first-order chi connectivity index (χ1) is 10.7. The highest BCUT2D eigenvalue weighted by Crippen LogP contribution is 2.29. The van der Waals surface area contributed by atoms with Gasteiger partial charge in [-0.25, -0.2) is 9.97 Å². The lowest BCUT2D eigenvalue weighted by Crippen LogP contribution is -2.36. The first-order valence-electron chi connectivity index (χ1n) is 8.20. The molecule has 2 aromatic rings. The molecule has 6 heteroatoms. The fourth-order valence-corrected chi connectivity index (χ4v) is 3.69. The summed E-state index contributed by atoms with van der Waals surface area (Å²) in [5.41, 5.74) is 2.07. The first kappa shape index (κ1) is 13.7. The lowest BCUT2D eigenvalue weighted by molar-refractivity contribution is 0.468. The fraction of sp³-hybridized carbons (Fsp3) is 0.625. The molecule has 0 amide bonds. The molecule has 4 heterocycles. The van der Waals surface area contributed by atoms with Crippen molar-refractivity contribution < 1.29 is 0 Å². The molecule has 0 aliphatic carbocycles.